The topological polar surface area (TPSA) is 122 Å². The lowest BCUT2D eigenvalue weighted by Gasteiger charge is -2.14. The molecule has 0 aliphatic carbocycles. The van der Waals surface area contributed by atoms with Crippen molar-refractivity contribution >= 4 is 31.4 Å². The standard InChI is InChI=1S/C14H12F4N2O6S2/c1-26-8-4-3-6(5-7(8)21)19-28(24,25)14-11(17)9(15)13(10(16)12(14)18)20-27(2,22)23/h3-5,19-21H,1-2H3. The van der Waals surface area contributed by atoms with Gasteiger partial charge in [-0.1, -0.05) is 0 Å². The molecule has 0 atom stereocenters. The van der Waals surface area contributed by atoms with E-state index in [2.05, 4.69) is 0 Å². The third-order valence-corrected chi connectivity index (χ3v) is 5.19. The van der Waals surface area contributed by atoms with Crippen LogP contribution in [0.5, 0.6) is 11.5 Å². The van der Waals surface area contributed by atoms with Gasteiger partial charge in [-0.05, 0) is 12.1 Å². The number of anilines is 2. The molecule has 0 aliphatic heterocycles. The summed E-state index contributed by atoms with van der Waals surface area (Å²) in [7, 11) is -8.35. The van der Waals surface area contributed by atoms with Crippen LogP contribution in [0.4, 0.5) is 28.9 Å². The van der Waals surface area contributed by atoms with Crippen molar-refractivity contribution in [1.82, 2.24) is 0 Å². The molecule has 3 N–H and O–H groups in total. The van der Waals surface area contributed by atoms with E-state index in [1.807, 2.05) is 0 Å². The highest BCUT2D eigenvalue weighted by Crippen LogP contribution is 2.34. The Balaban J connectivity index is 2.59. The summed E-state index contributed by atoms with van der Waals surface area (Å²) in [5.41, 5.74) is -2.12. The van der Waals surface area contributed by atoms with Crippen molar-refractivity contribution in [1.29, 1.82) is 0 Å². The smallest absolute Gasteiger partial charge is 0.267 e. The fourth-order valence-corrected chi connectivity index (χ4v) is 3.82. The molecule has 2 aromatic rings. The lowest BCUT2D eigenvalue weighted by Crippen LogP contribution is -2.21. The number of hydrogen-bond acceptors (Lipinski definition) is 6. The Morgan fingerprint density at radius 1 is 0.929 bits per heavy atom. The second-order valence-electron chi connectivity index (χ2n) is 5.33. The van der Waals surface area contributed by atoms with Crippen LogP contribution in [0.15, 0.2) is 23.1 Å². The van der Waals surface area contributed by atoms with Crippen LogP contribution in [0.2, 0.25) is 0 Å². The van der Waals surface area contributed by atoms with Gasteiger partial charge in [0.1, 0.15) is 5.69 Å². The van der Waals surface area contributed by atoms with Crippen molar-refractivity contribution in [3.8, 4) is 11.5 Å². The maximum atomic E-state index is 14.2. The van der Waals surface area contributed by atoms with Gasteiger partial charge in [0, 0.05) is 6.07 Å². The molecule has 8 nitrogen and oxygen atoms in total. The molecule has 0 saturated carbocycles. The molecule has 0 fully saturated rings. The summed E-state index contributed by atoms with van der Waals surface area (Å²) in [5.74, 6) is -9.81. The zero-order valence-corrected chi connectivity index (χ0v) is 15.7. The first kappa shape index (κ1) is 21.6. The number of phenols is 1. The number of benzene rings is 2. The molecule has 0 aliphatic rings. The Labute approximate surface area is 156 Å². The molecule has 0 unspecified atom stereocenters. The summed E-state index contributed by atoms with van der Waals surface area (Å²) in [4.78, 5) is -2.02. The average Bonchev–Trinajstić information content (AvgIpc) is 2.56. The number of ether oxygens (including phenoxy) is 1. The molecule has 0 bridgehead atoms. The number of hydrogen-bond donors (Lipinski definition) is 3. The molecule has 2 rings (SSSR count). The van der Waals surface area contributed by atoms with E-state index in [1.165, 1.54) is 11.8 Å². The van der Waals surface area contributed by atoms with Crippen LogP contribution in [0, 0.1) is 23.3 Å². The van der Waals surface area contributed by atoms with E-state index < -0.39 is 65.3 Å². The Morgan fingerprint density at radius 2 is 1.46 bits per heavy atom. The Bertz CT molecular complexity index is 1120. The second kappa shape index (κ2) is 7.35. The van der Waals surface area contributed by atoms with E-state index in [0.717, 1.165) is 18.2 Å². The van der Waals surface area contributed by atoms with Crippen molar-refractivity contribution in [2.75, 3.05) is 22.8 Å². The lowest BCUT2D eigenvalue weighted by molar-refractivity contribution is 0.373. The summed E-state index contributed by atoms with van der Waals surface area (Å²) in [5, 5.41) is 9.61. The predicted molar refractivity (Wildman–Crippen MR) is 90.2 cm³/mol. The average molecular weight is 444 g/mol. The minimum absolute atomic E-state index is 0.0476. The highest BCUT2D eigenvalue weighted by atomic mass is 32.2. The number of rotatable bonds is 6. The number of halogens is 4. The van der Waals surface area contributed by atoms with Gasteiger partial charge < -0.3 is 9.84 Å². The quantitative estimate of drug-likeness (QED) is 0.464. The molecule has 0 aromatic heterocycles. The zero-order chi connectivity index (χ0) is 21.4. The number of sulfonamides is 2. The molecular formula is C14H12F4N2O6S2. The van der Waals surface area contributed by atoms with E-state index in [4.69, 9.17) is 4.74 Å². The second-order valence-corrected chi connectivity index (χ2v) is 8.69. The van der Waals surface area contributed by atoms with Gasteiger partial charge in [0.25, 0.3) is 10.0 Å². The highest BCUT2D eigenvalue weighted by Gasteiger charge is 2.34. The first-order valence-corrected chi connectivity index (χ1v) is 10.4. The van der Waals surface area contributed by atoms with Gasteiger partial charge in [0.15, 0.2) is 39.7 Å². The fraction of sp³-hybridized carbons (Fsp3) is 0.143. The SMILES string of the molecule is COc1ccc(NS(=O)(=O)c2c(F)c(F)c(NS(C)(=O)=O)c(F)c2F)cc1O. The molecule has 0 radical (unpaired) electrons. The minimum Gasteiger partial charge on any atom is -0.504 e. The van der Waals surface area contributed by atoms with Crippen molar-refractivity contribution < 1.29 is 44.2 Å². The van der Waals surface area contributed by atoms with Gasteiger partial charge in [-0.2, -0.15) is 0 Å². The number of methoxy groups -OCH3 is 1. The van der Waals surface area contributed by atoms with Gasteiger partial charge in [-0.15, -0.1) is 0 Å². The zero-order valence-electron chi connectivity index (χ0n) is 14.0. The van der Waals surface area contributed by atoms with Crippen LogP contribution >= 0.6 is 0 Å². The number of phenolic OH excluding ortho intramolecular Hbond substituents is 1. The summed E-state index contributed by atoms with van der Waals surface area (Å²) in [6, 6.07) is 2.97. The van der Waals surface area contributed by atoms with Crippen LogP contribution in [0.1, 0.15) is 0 Å². The van der Waals surface area contributed by atoms with Gasteiger partial charge in [0.05, 0.1) is 19.1 Å². The van der Waals surface area contributed by atoms with Crippen molar-refractivity contribution in [3.63, 3.8) is 0 Å². The van der Waals surface area contributed by atoms with Crippen molar-refractivity contribution in [2.45, 2.75) is 4.90 Å². The predicted octanol–water partition coefficient (Wildman–Crippen LogP) is 2.13. The monoisotopic (exact) mass is 444 g/mol. The molecule has 0 saturated heterocycles. The lowest BCUT2D eigenvalue weighted by atomic mass is 10.2. The van der Waals surface area contributed by atoms with Gasteiger partial charge in [0.2, 0.25) is 10.0 Å². The molecule has 2 aromatic carbocycles. The molecule has 14 heteroatoms. The van der Waals surface area contributed by atoms with Crippen molar-refractivity contribution in [3.05, 3.63) is 41.5 Å². The number of aromatic hydroxyl groups is 1. The molecule has 0 spiro atoms. The maximum absolute atomic E-state index is 14.2. The summed E-state index contributed by atoms with van der Waals surface area (Å²) < 4.78 is 111. The molecular weight excluding hydrogens is 432 g/mol. The Hall–Kier alpha value is -2.74. The summed E-state index contributed by atoms with van der Waals surface area (Å²) >= 11 is 0. The molecule has 0 amide bonds. The van der Waals surface area contributed by atoms with Gasteiger partial charge in [-0.25, -0.2) is 34.4 Å². The summed E-state index contributed by atoms with van der Waals surface area (Å²) in [6.07, 6.45) is 0.462. The first-order chi connectivity index (χ1) is 12.8. The molecule has 0 heterocycles. The largest absolute Gasteiger partial charge is 0.504 e. The van der Waals surface area contributed by atoms with Crippen LogP contribution in [-0.2, 0) is 20.0 Å². The fourth-order valence-electron chi connectivity index (χ4n) is 2.08. The normalized spacial score (nSPS) is 11.9. The van der Waals surface area contributed by atoms with Crippen LogP contribution in [0.25, 0.3) is 0 Å². The minimum atomic E-state index is -5.23. The van der Waals surface area contributed by atoms with Crippen LogP contribution in [0.3, 0.4) is 0 Å². The van der Waals surface area contributed by atoms with E-state index in [1.54, 1.807) is 4.72 Å². The number of nitrogens with one attached hydrogen (secondary N) is 2. The van der Waals surface area contributed by atoms with Crippen molar-refractivity contribution in [2.24, 2.45) is 0 Å². The van der Waals surface area contributed by atoms with Gasteiger partial charge >= 0.3 is 0 Å². The molecule has 154 valence electrons. The highest BCUT2D eigenvalue weighted by molar-refractivity contribution is 7.92. The van der Waals surface area contributed by atoms with Gasteiger partial charge in [-0.3, -0.25) is 9.44 Å². The molecule has 28 heavy (non-hydrogen) atoms. The van der Waals surface area contributed by atoms with E-state index >= 15 is 0 Å². The maximum Gasteiger partial charge on any atom is 0.267 e. The third kappa shape index (κ3) is 4.22. The van der Waals surface area contributed by atoms with Crippen LogP contribution in [-0.4, -0.2) is 35.3 Å². The Kier molecular flexibility index (Phi) is 5.66. The van der Waals surface area contributed by atoms with E-state index in [-0.39, 0.29) is 5.75 Å². The third-order valence-electron chi connectivity index (χ3n) is 3.21. The first-order valence-electron chi connectivity index (χ1n) is 7.02. The Morgan fingerprint density at radius 3 is 1.89 bits per heavy atom. The van der Waals surface area contributed by atoms with E-state index in [9.17, 15) is 39.5 Å². The summed E-state index contributed by atoms with van der Waals surface area (Å²) in [6.45, 7) is 0. The van der Waals surface area contributed by atoms with Crippen LogP contribution < -0.4 is 14.2 Å². The van der Waals surface area contributed by atoms with E-state index in [0.29, 0.717) is 6.26 Å².